The van der Waals surface area contributed by atoms with Crippen molar-refractivity contribution in [3.8, 4) is 0 Å². The highest BCUT2D eigenvalue weighted by atomic mass is 16.6. The third kappa shape index (κ3) is 22.1. The Hall–Kier alpha value is -1.43. The molecule has 2 atom stereocenters. The number of aldehydes is 1. The minimum atomic E-state index is -1.06. The molecule has 0 saturated carbocycles. The van der Waals surface area contributed by atoms with Crippen LogP contribution in [0.25, 0.3) is 0 Å². The molecule has 0 heterocycles. The van der Waals surface area contributed by atoms with Gasteiger partial charge in [-0.1, -0.05) is 90.4 Å². The zero-order chi connectivity index (χ0) is 24.6. The molecule has 0 spiro atoms. The molecule has 0 fully saturated rings. The molecular formula is C27H50O6. The van der Waals surface area contributed by atoms with Crippen LogP contribution < -0.4 is 0 Å². The lowest BCUT2D eigenvalue weighted by molar-refractivity contribution is -0.164. The predicted octanol–water partition coefficient (Wildman–Crippen LogP) is 6.75. The van der Waals surface area contributed by atoms with Crippen molar-refractivity contribution in [2.24, 2.45) is 0 Å². The van der Waals surface area contributed by atoms with Gasteiger partial charge in [0.05, 0.1) is 6.10 Å². The average Bonchev–Trinajstić information content (AvgIpc) is 2.79. The molecule has 0 aromatic rings. The molecule has 2 unspecified atom stereocenters. The largest absolute Gasteiger partial charge is 0.479 e. The first-order valence-electron chi connectivity index (χ1n) is 13.5. The Morgan fingerprint density at radius 1 is 0.727 bits per heavy atom. The normalized spacial score (nSPS) is 12.9. The molecule has 0 aliphatic heterocycles. The molecule has 0 aliphatic carbocycles. The lowest BCUT2D eigenvalue weighted by atomic mass is 10.0. The summed E-state index contributed by atoms with van der Waals surface area (Å²) < 4.78 is 5.17. The Morgan fingerprint density at radius 3 is 1.76 bits per heavy atom. The summed E-state index contributed by atoms with van der Waals surface area (Å²) in [6.07, 6.45) is 19.3. The standard InChI is InChI=1S/C27H50O6/c1-2-3-4-14-19-24(29)20-15-10-6-5-7-11-16-21-25(27(31)32)33-26(30)22-17-12-8-9-13-18-23-28/h23-25,29H,2-22H2,1H3,(H,31,32). The van der Waals surface area contributed by atoms with E-state index in [0.29, 0.717) is 19.3 Å². The molecular weight excluding hydrogens is 420 g/mol. The van der Waals surface area contributed by atoms with E-state index in [-0.39, 0.29) is 12.5 Å². The molecule has 0 aliphatic rings. The second-order valence-corrected chi connectivity index (χ2v) is 9.35. The van der Waals surface area contributed by atoms with Gasteiger partial charge in [0.15, 0.2) is 6.10 Å². The summed E-state index contributed by atoms with van der Waals surface area (Å²) >= 11 is 0. The molecule has 0 amide bonds. The van der Waals surface area contributed by atoms with E-state index < -0.39 is 18.0 Å². The molecule has 0 saturated heterocycles. The fraction of sp³-hybridized carbons (Fsp3) is 0.889. The Morgan fingerprint density at radius 2 is 1.21 bits per heavy atom. The molecule has 6 heteroatoms. The summed E-state index contributed by atoms with van der Waals surface area (Å²) in [6.45, 7) is 2.20. The van der Waals surface area contributed by atoms with Crippen LogP contribution in [0.1, 0.15) is 142 Å². The number of hydrogen-bond donors (Lipinski definition) is 2. The minimum absolute atomic E-state index is 0.147. The Balaban J connectivity index is 3.65. The number of ether oxygens (including phenoxy) is 1. The summed E-state index contributed by atoms with van der Waals surface area (Å²) in [6, 6.07) is 0. The summed E-state index contributed by atoms with van der Waals surface area (Å²) in [5.41, 5.74) is 0. The molecule has 0 bridgehead atoms. The number of hydrogen-bond acceptors (Lipinski definition) is 5. The van der Waals surface area contributed by atoms with Crippen molar-refractivity contribution < 1.29 is 29.3 Å². The van der Waals surface area contributed by atoms with Crippen LogP contribution in [-0.4, -0.2) is 40.6 Å². The van der Waals surface area contributed by atoms with Crippen molar-refractivity contribution in [3.63, 3.8) is 0 Å². The molecule has 6 nitrogen and oxygen atoms in total. The summed E-state index contributed by atoms with van der Waals surface area (Å²) in [7, 11) is 0. The maximum absolute atomic E-state index is 11.9. The first-order valence-corrected chi connectivity index (χ1v) is 13.5. The first-order chi connectivity index (χ1) is 16.0. The Bertz CT molecular complexity index is 479. The number of esters is 1. The second-order valence-electron chi connectivity index (χ2n) is 9.35. The summed E-state index contributed by atoms with van der Waals surface area (Å²) in [4.78, 5) is 33.5. The predicted molar refractivity (Wildman–Crippen MR) is 132 cm³/mol. The summed E-state index contributed by atoms with van der Waals surface area (Å²) in [5, 5.41) is 19.3. The van der Waals surface area contributed by atoms with Gasteiger partial charge < -0.3 is 19.7 Å². The van der Waals surface area contributed by atoms with E-state index in [1.807, 2.05) is 0 Å². The zero-order valence-electron chi connectivity index (χ0n) is 21.1. The van der Waals surface area contributed by atoms with Crippen LogP contribution in [0.2, 0.25) is 0 Å². The Kier molecular flexibility index (Phi) is 22.7. The Labute approximate surface area is 201 Å². The van der Waals surface area contributed by atoms with Crippen molar-refractivity contribution >= 4 is 18.2 Å². The molecule has 0 radical (unpaired) electrons. The van der Waals surface area contributed by atoms with Crippen LogP contribution in [0.3, 0.4) is 0 Å². The fourth-order valence-electron chi connectivity index (χ4n) is 4.02. The van der Waals surface area contributed by atoms with Gasteiger partial charge in [-0.2, -0.15) is 0 Å². The molecule has 0 rings (SSSR count). The number of aliphatic carboxylic acids is 1. The smallest absolute Gasteiger partial charge is 0.345 e. The lowest BCUT2D eigenvalue weighted by Crippen LogP contribution is -2.27. The minimum Gasteiger partial charge on any atom is -0.479 e. The van der Waals surface area contributed by atoms with E-state index in [1.165, 1.54) is 19.3 Å². The van der Waals surface area contributed by atoms with Gasteiger partial charge >= 0.3 is 11.9 Å². The topological polar surface area (TPSA) is 101 Å². The van der Waals surface area contributed by atoms with E-state index >= 15 is 0 Å². The number of aliphatic hydroxyl groups excluding tert-OH is 1. The van der Waals surface area contributed by atoms with Gasteiger partial charge in [0.25, 0.3) is 0 Å². The average molecular weight is 471 g/mol. The third-order valence-electron chi connectivity index (χ3n) is 6.15. The maximum atomic E-state index is 11.9. The second kappa shape index (κ2) is 23.7. The van der Waals surface area contributed by atoms with Gasteiger partial charge in [0.1, 0.15) is 6.29 Å². The van der Waals surface area contributed by atoms with Gasteiger partial charge in [-0.3, -0.25) is 4.79 Å². The first kappa shape index (κ1) is 31.6. The van der Waals surface area contributed by atoms with Crippen LogP contribution in [0.4, 0.5) is 0 Å². The number of aliphatic hydroxyl groups is 1. The van der Waals surface area contributed by atoms with E-state index in [2.05, 4.69) is 6.92 Å². The van der Waals surface area contributed by atoms with Gasteiger partial charge in [-0.05, 0) is 38.5 Å². The highest BCUT2D eigenvalue weighted by molar-refractivity contribution is 5.77. The molecule has 0 aromatic carbocycles. The van der Waals surface area contributed by atoms with Gasteiger partial charge in [0.2, 0.25) is 0 Å². The number of rotatable bonds is 25. The van der Waals surface area contributed by atoms with Crippen molar-refractivity contribution in [2.45, 2.75) is 154 Å². The van der Waals surface area contributed by atoms with Crippen molar-refractivity contribution in [2.75, 3.05) is 0 Å². The molecule has 194 valence electrons. The van der Waals surface area contributed by atoms with Crippen LogP contribution in [0.15, 0.2) is 0 Å². The molecule has 2 N–H and O–H groups in total. The molecule has 0 aromatic heterocycles. The number of carbonyl (C=O) groups is 3. The maximum Gasteiger partial charge on any atom is 0.345 e. The monoisotopic (exact) mass is 470 g/mol. The van der Waals surface area contributed by atoms with Crippen LogP contribution >= 0.6 is 0 Å². The lowest BCUT2D eigenvalue weighted by Gasteiger charge is -2.14. The van der Waals surface area contributed by atoms with E-state index in [9.17, 15) is 24.6 Å². The fourth-order valence-corrected chi connectivity index (χ4v) is 4.02. The van der Waals surface area contributed by atoms with Crippen molar-refractivity contribution in [3.05, 3.63) is 0 Å². The highest BCUT2D eigenvalue weighted by Gasteiger charge is 2.21. The van der Waals surface area contributed by atoms with Gasteiger partial charge in [-0.25, -0.2) is 4.79 Å². The highest BCUT2D eigenvalue weighted by Crippen LogP contribution is 2.15. The SMILES string of the molecule is CCCCCCC(O)CCCCCCCCCC(OC(=O)CCCCCCCC=O)C(=O)O. The van der Waals surface area contributed by atoms with Crippen LogP contribution in [0.5, 0.6) is 0 Å². The van der Waals surface area contributed by atoms with Gasteiger partial charge in [-0.15, -0.1) is 0 Å². The third-order valence-corrected chi connectivity index (χ3v) is 6.15. The van der Waals surface area contributed by atoms with E-state index in [0.717, 1.165) is 96.2 Å². The van der Waals surface area contributed by atoms with Crippen molar-refractivity contribution in [1.82, 2.24) is 0 Å². The van der Waals surface area contributed by atoms with E-state index in [4.69, 9.17) is 4.74 Å². The van der Waals surface area contributed by atoms with Crippen LogP contribution in [-0.2, 0) is 19.1 Å². The number of carbonyl (C=O) groups excluding carboxylic acids is 2. The summed E-state index contributed by atoms with van der Waals surface area (Å²) in [5.74, 6) is -1.49. The zero-order valence-corrected chi connectivity index (χ0v) is 21.1. The number of unbranched alkanes of at least 4 members (excludes halogenated alkanes) is 14. The quantitative estimate of drug-likeness (QED) is 0.0869. The number of carboxylic acid groups (broad SMARTS) is 1. The van der Waals surface area contributed by atoms with Crippen LogP contribution in [0, 0.1) is 0 Å². The number of carboxylic acids is 1. The molecule has 33 heavy (non-hydrogen) atoms. The van der Waals surface area contributed by atoms with E-state index in [1.54, 1.807) is 0 Å². The van der Waals surface area contributed by atoms with Gasteiger partial charge in [0, 0.05) is 12.8 Å². The van der Waals surface area contributed by atoms with Crippen molar-refractivity contribution in [1.29, 1.82) is 0 Å².